The number of hydrogen-bond acceptors (Lipinski definition) is 3. The molecule has 4 nitrogen and oxygen atoms in total. The number of nitrogens with one attached hydrogen (secondary N) is 1. The van der Waals surface area contributed by atoms with Crippen LogP contribution in [0.1, 0.15) is 0 Å². The third-order valence-corrected chi connectivity index (χ3v) is 3.78. The predicted octanol–water partition coefficient (Wildman–Crippen LogP) is 2.03. The molecule has 0 spiro atoms. The van der Waals surface area contributed by atoms with Crippen LogP contribution in [0.3, 0.4) is 0 Å². The average Bonchev–Trinajstić information content (AvgIpc) is 2.66. The third-order valence-electron chi connectivity index (χ3n) is 3.15. The maximum absolute atomic E-state index is 5.40. The molecule has 0 radical (unpaired) electrons. The average molecular weight is 296 g/mol. The van der Waals surface area contributed by atoms with Gasteiger partial charge in [-0.05, 0) is 28.1 Å². The summed E-state index contributed by atoms with van der Waals surface area (Å²) in [6.07, 6.45) is 2.07. The maximum atomic E-state index is 5.40. The Morgan fingerprint density at radius 2 is 2.35 bits per heavy atom. The van der Waals surface area contributed by atoms with Gasteiger partial charge in [0.1, 0.15) is 5.75 Å². The summed E-state index contributed by atoms with van der Waals surface area (Å²) in [5, 5.41) is 8.91. The first-order chi connectivity index (χ1) is 8.28. The van der Waals surface area contributed by atoms with Gasteiger partial charge in [-0.25, -0.2) is 0 Å². The van der Waals surface area contributed by atoms with Crippen LogP contribution in [0.15, 0.2) is 22.8 Å². The molecule has 0 amide bonds. The first kappa shape index (κ1) is 11.0. The fourth-order valence-corrected chi connectivity index (χ4v) is 2.64. The molecule has 0 aliphatic carbocycles. The van der Waals surface area contributed by atoms with Crippen LogP contribution in [0.5, 0.6) is 5.75 Å². The topological polar surface area (TPSA) is 39.1 Å². The van der Waals surface area contributed by atoms with E-state index in [1.165, 1.54) is 0 Å². The molecule has 0 unspecified atom stereocenters. The molecule has 1 N–H and O–H groups in total. The molecular weight excluding hydrogens is 282 g/mol. The molecule has 1 aromatic heterocycles. The number of aromatic nitrogens is 2. The summed E-state index contributed by atoms with van der Waals surface area (Å²) in [5.41, 5.74) is 0.984. The summed E-state index contributed by atoms with van der Waals surface area (Å²) in [4.78, 5) is 0. The molecule has 1 aliphatic rings. The van der Waals surface area contributed by atoms with E-state index >= 15 is 0 Å². The van der Waals surface area contributed by atoms with Crippen molar-refractivity contribution in [3.05, 3.63) is 22.8 Å². The second kappa shape index (κ2) is 4.31. The molecule has 2 heterocycles. The Kier molecular flexibility index (Phi) is 2.80. The van der Waals surface area contributed by atoms with E-state index in [1.54, 1.807) is 7.11 Å². The Bertz CT molecular complexity index is 548. The van der Waals surface area contributed by atoms with Crippen molar-refractivity contribution in [2.24, 2.45) is 5.92 Å². The summed E-state index contributed by atoms with van der Waals surface area (Å²) in [6, 6.07) is 3.99. The number of rotatable bonds is 3. The minimum absolute atomic E-state index is 0.707. The van der Waals surface area contributed by atoms with E-state index in [0.29, 0.717) is 5.92 Å². The standard InChI is InChI=1S/C12H14BrN3O/c1-17-12-9-7-16(6-8-4-14-5-8)15-11(9)3-2-10(12)13/h2-3,7-8,14H,4-6H2,1H3. The number of nitrogens with zero attached hydrogens (tertiary/aromatic N) is 2. The van der Waals surface area contributed by atoms with Gasteiger partial charge >= 0.3 is 0 Å². The van der Waals surface area contributed by atoms with Crippen molar-refractivity contribution in [2.75, 3.05) is 20.2 Å². The molecule has 1 aliphatic heterocycles. The molecule has 1 aromatic carbocycles. The van der Waals surface area contributed by atoms with E-state index in [9.17, 15) is 0 Å². The second-order valence-corrected chi connectivity index (χ2v) is 5.24. The van der Waals surface area contributed by atoms with E-state index in [2.05, 4.69) is 32.5 Å². The predicted molar refractivity (Wildman–Crippen MR) is 70.3 cm³/mol. The highest BCUT2D eigenvalue weighted by Crippen LogP contribution is 2.33. The normalized spacial score (nSPS) is 16.1. The highest BCUT2D eigenvalue weighted by atomic mass is 79.9. The highest BCUT2D eigenvalue weighted by Gasteiger charge is 2.18. The number of ether oxygens (including phenoxy) is 1. The van der Waals surface area contributed by atoms with Crippen molar-refractivity contribution in [2.45, 2.75) is 6.54 Å². The van der Waals surface area contributed by atoms with Crippen LogP contribution in [-0.2, 0) is 6.54 Å². The molecule has 2 aromatic rings. The van der Waals surface area contributed by atoms with E-state index < -0.39 is 0 Å². The number of halogens is 1. The minimum atomic E-state index is 0.707. The Morgan fingerprint density at radius 3 is 3.00 bits per heavy atom. The summed E-state index contributed by atoms with van der Waals surface area (Å²) in [7, 11) is 1.69. The van der Waals surface area contributed by atoms with Crippen LogP contribution in [0.4, 0.5) is 0 Å². The van der Waals surface area contributed by atoms with Gasteiger partial charge in [0.2, 0.25) is 0 Å². The van der Waals surface area contributed by atoms with Crippen LogP contribution in [0, 0.1) is 5.92 Å². The van der Waals surface area contributed by atoms with Gasteiger partial charge in [-0.2, -0.15) is 5.10 Å². The minimum Gasteiger partial charge on any atom is -0.495 e. The molecule has 1 saturated heterocycles. The molecule has 0 saturated carbocycles. The van der Waals surface area contributed by atoms with Crippen molar-refractivity contribution >= 4 is 26.8 Å². The number of fused-ring (bicyclic) bond motifs is 1. The second-order valence-electron chi connectivity index (χ2n) is 4.39. The van der Waals surface area contributed by atoms with Crippen molar-refractivity contribution in [1.82, 2.24) is 15.1 Å². The Balaban J connectivity index is 1.99. The lowest BCUT2D eigenvalue weighted by molar-refractivity contribution is 0.296. The molecule has 0 atom stereocenters. The molecule has 3 rings (SSSR count). The van der Waals surface area contributed by atoms with Gasteiger partial charge in [0, 0.05) is 31.7 Å². The van der Waals surface area contributed by atoms with Gasteiger partial charge in [-0.1, -0.05) is 0 Å². The van der Waals surface area contributed by atoms with E-state index in [-0.39, 0.29) is 0 Å². The van der Waals surface area contributed by atoms with Gasteiger partial charge in [-0.15, -0.1) is 0 Å². The monoisotopic (exact) mass is 295 g/mol. The number of benzene rings is 1. The summed E-state index contributed by atoms with van der Waals surface area (Å²) < 4.78 is 8.39. The lowest BCUT2D eigenvalue weighted by Crippen LogP contribution is -2.44. The SMILES string of the molecule is COc1c(Br)ccc2nn(CC3CNC3)cc12. The molecule has 5 heteroatoms. The number of methoxy groups -OCH3 is 1. The third kappa shape index (κ3) is 1.93. The van der Waals surface area contributed by atoms with Gasteiger partial charge in [0.15, 0.2) is 0 Å². The number of hydrogen-bond donors (Lipinski definition) is 1. The van der Waals surface area contributed by atoms with E-state index in [1.807, 2.05) is 16.8 Å². The Morgan fingerprint density at radius 1 is 1.53 bits per heavy atom. The zero-order chi connectivity index (χ0) is 11.8. The first-order valence-corrected chi connectivity index (χ1v) is 6.47. The van der Waals surface area contributed by atoms with E-state index in [4.69, 9.17) is 4.74 Å². The fraction of sp³-hybridized carbons (Fsp3) is 0.417. The maximum Gasteiger partial charge on any atom is 0.144 e. The zero-order valence-electron chi connectivity index (χ0n) is 9.61. The summed E-state index contributed by atoms with van der Waals surface area (Å²) in [5.74, 6) is 1.57. The first-order valence-electron chi connectivity index (χ1n) is 5.68. The Hall–Kier alpha value is -1.07. The lowest BCUT2D eigenvalue weighted by atomic mass is 10.0. The van der Waals surface area contributed by atoms with Crippen LogP contribution >= 0.6 is 15.9 Å². The van der Waals surface area contributed by atoms with E-state index in [0.717, 1.165) is 40.8 Å². The van der Waals surface area contributed by atoms with Gasteiger partial charge in [-0.3, -0.25) is 4.68 Å². The Labute approximate surface area is 108 Å². The fourth-order valence-electron chi connectivity index (χ4n) is 2.13. The van der Waals surface area contributed by atoms with Crippen LogP contribution < -0.4 is 10.1 Å². The largest absolute Gasteiger partial charge is 0.495 e. The van der Waals surface area contributed by atoms with Crippen molar-refractivity contribution < 1.29 is 4.74 Å². The zero-order valence-corrected chi connectivity index (χ0v) is 11.2. The van der Waals surface area contributed by atoms with Gasteiger partial charge in [0.25, 0.3) is 0 Å². The molecule has 90 valence electrons. The quantitative estimate of drug-likeness (QED) is 0.942. The molecule has 17 heavy (non-hydrogen) atoms. The lowest BCUT2D eigenvalue weighted by Gasteiger charge is -2.26. The molecule has 1 fully saturated rings. The molecule has 0 bridgehead atoms. The van der Waals surface area contributed by atoms with Gasteiger partial charge in [0.05, 0.1) is 22.5 Å². The summed E-state index contributed by atoms with van der Waals surface area (Å²) >= 11 is 3.49. The van der Waals surface area contributed by atoms with Crippen molar-refractivity contribution in [3.63, 3.8) is 0 Å². The molecular formula is C12H14BrN3O. The summed E-state index contributed by atoms with van der Waals surface area (Å²) in [6.45, 7) is 3.16. The smallest absolute Gasteiger partial charge is 0.144 e. The van der Waals surface area contributed by atoms with Crippen LogP contribution in [-0.4, -0.2) is 30.0 Å². The van der Waals surface area contributed by atoms with Crippen molar-refractivity contribution in [1.29, 1.82) is 0 Å². The van der Waals surface area contributed by atoms with Crippen LogP contribution in [0.2, 0.25) is 0 Å². The van der Waals surface area contributed by atoms with Crippen molar-refractivity contribution in [3.8, 4) is 5.75 Å². The highest BCUT2D eigenvalue weighted by molar-refractivity contribution is 9.10. The van der Waals surface area contributed by atoms with Gasteiger partial charge < -0.3 is 10.1 Å². The van der Waals surface area contributed by atoms with Crippen LogP contribution in [0.25, 0.3) is 10.9 Å².